The first kappa shape index (κ1) is 21.0. The Morgan fingerprint density at radius 1 is 1.26 bits per heavy atom. The molecule has 1 aromatic carbocycles. The second-order valence-electron chi connectivity index (χ2n) is 6.88. The average molecular weight is 371 g/mol. The second kappa shape index (κ2) is 12.1. The van der Waals surface area contributed by atoms with E-state index in [0.29, 0.717) is 6.04 Å². The molecule has 0 fully saturated rings. The molecule has 0 amide bonds. The molecule has 27 heavy (non-hydrogen) atoms. The average Bonchev–Trinajstić information content (AvgIpc) is 3.19. The summed E-state index contributed by atoms with van der Waals surface area (Å²) in [5.41, 5.74) is 1.35. The van der Waals surface area contributed by atoms with Gasteiger partial charge in [-0.15, -0.1) is 0 Å². The van der Waals surface area contributed by atoms with E-state index in [9.17, 15) is 0 Å². The van der Waals surface area contributed by atoms with E-state index in [-0.39, 0.29) is 0 Å². The number of nitrogens with zero attached hydrogens (tertiary/aromatic N) is 4. The molecular formula is C21H34N6. The molecular weight excluding hydrogens is 336 g/mol. The van der Waals surface area contributed by atoms with Crippen LogP contribution < -0.4 is 10.6 Å². The highest BCUT2D eigenvalue weighted by molar-refractivity contribution is 5.79. The van der Waals surface area contributed by atoms with Crippen LogP contribution in [0, 0.1) is 0 Å². The third-order valence-corrected chi connectivity index (χ3v) is 4.63. The first-order chi connectivity index (χ1) is 13.2. The van der Waals surface area contributed by atoms with E-state index in [0.717, 1.165) is 51.5 Å². The van der Waals surface area contributed by atoms with Crippen molar-refractivity contribution in [1.82, 2.24) is 25.1 Å². The van der Waals surface area contributed by atoms with Crippen LogP contribution in [0.25, 0.3) is 0 Å². The number of imidazole rings is 1. The molecule has 2 N–H and O–H groups in total. The van der Waals surface area contributed by atoms with E-state index >= 15 is 0 Å². The van der Waals surface area contributed by atoms with Gasteiger partial charge in [0.2, 0.25) is 0 Å². The highest BCUT2D eigenvalue weighted by Gasteiger charge is 2.09. The Balaban J connectivity index is 1.68. The number of rotatable bonds is 11. The van der Waals surface area contributed by atoms with E-state index < -0.39 is 0 Å². The van der Waals surface area contributed by atoms with Crippen molar-refractivity contribution in [3.63, 3.8) is 0 Å². The van der Waals surface area contributed by atoms with E-state index in [1.54, 1.807) is 0 Å². The maximum absolute atomic E-state index is 4.67. The molecule has 1 atom stereocenters. The predicted octanol–water partition coefficient (Wildman–Crippen LogP) is 2.74. The molecule has 2 rings (SSSR count). The highest BCUT2D eigenvalue weighted by Crippen LogP contribution is 2.07. The van der Waals surface area contributed by atoms with Gasteiger partial charge in [0.25, 0.3) is 0 Å². The van der Waals surface area contributed by atoms with Crippen molar-refractivity contribution in [1.29, 1.82) is 0 Å². The quantitative estimate of drug-likeness (QED) is 0.363. The number of guanidine groups is 1. The summed E-state index contributed by atoms with van der Waals surface area (Å²) in [7, 11) is 2.19. The Hall–Kier alpha value is -2.34. The van der Waals surface area contributed by atoms with Gasteiger partial charge in [-0.05, 0) is 39.3 Å². The summed E-state index contributed by atoms with van der Waals surface area (Å²) in [5, 5.41) is 6.78. The minimum absolute atomic E-state index is 0.502. The molecule has 6 heteroatoms. The fraction of sp³-hybridized carbons (Fsp3) is 0.524. The summed E-state index contributed by atoms with van der Waals surface area (Å²) in [6.45, 7) is 8.88. The van der Waals surface area contributed by atoms with E-state index in [1.165, 1.54) is 5.56 Å². The van der Waals surface area contributed by atoms with Gasteiger partial charge < -0.3 is 15.2 Å². The van der Waals surface area contributed by atoms with Gasteiger partial charge >= 0.3 is 0 Å². The number of aryl methyl sites for hydroxylation is 1. The van der Waals surface area contributed by atoms with Crippen LogP contribution >= 0.6 is 0 Å². The summed E-state index contributed by atoms with van der Waals surface area (Å²) >= 11 is 0. The van der Waals surface area contributed by atoms with Crippen LogP contribution in [-0.4, -0.2) is 53.1 Å². The number of hydrogen-bond acceptors (Lipinski definition) is 3. The van der Waals surface area contributed by atoms with E-state index in [1.807, 2.05) is 18.7 Å². The second-order valence-corrected chi connectivity index (χ2v) is 6.88. The van der Waals surface area contributed by atoms with E-state index in [4.69, 9.17) is 0 Å². The lowest BCUT2D eigenvalue weighted by atomic mass is 10.1. The molecule has 0 saturated carbocycles. The zero-order valence-corrected chi connectivity index (χ0v) is 16.9. The van der Waals surface area contributed by atoms with Crippen molar-refractivity contribution in [3.05, 3.63) is 54.6 Å². The van der Waals surface area contributed by atoms with Crippen LogP contribution in [0.4, 0.5) is 0 Å². The first-order valence-corrected chi connectivity index (χ1v) is 9.91. The lowest BCUT2D eigenvalue weighted by Crippen LogP contribution is -2.40. The van der Waals surface area contributed by atoms with Gasteiger partial charge in [-0.1, -0.05) is 30.3 Å². The molecule has 0 aliphatic rings. The lowest BCUT2D eigenvalue weighted by Gasteiger charge is -2.25. The Labute approximate surface area is 163 Å². The van der Waals surface area contributed by atoms with Crippen molar-refractivity contribution in [2.75, 3.05) is 26.7 Å². The fourth-order valence-electron chi connectivity index (χ4n) is 2.85. The highest BCUT2D eigenvalue weighted by atomic mass is 15.2. The zero-order valence-electron chi connectivity index (χ0n) is 16.9. The molecule has 148 valence electrons. The van der Waals surface area contributed by atoms with Gasteiger partial charge in [-0.3, -0.25) is 9.89 Å². The van der Waals surface area contributed by atoms with Crippen molar-refractivity contribution in [3.8, 4) is 0 Å². The lowest BCUT2D eigenvalue weighted by molar-refractivity contribution is 0.238. The summed E-state index contributed by atoms with van der Waals surface area (Å²) in [4.78, 5) is 11.1. The minimum Gasteiger partial charge on any atom is -0.357 e. The van der Waals surface area contributed by atoms with Gasteiger partial charge in [-0.2, -0.15) is 0 Å². The van der Waals surface area contributed by atoms with Crippen LogP contribution in [0.2, 0.25) is 0 Å². The van der Waals surface area contributed by atoms with Crippen LogP contribution in [0.3, 0.4) is 0 Å². The first-order valence-electron chi connectivity index (χ1n) is 9.91. The molecule has 0 spiro atoms. The number of benzene rings is 1. The molecule has 1 heterocycles. The molecule has 2 aromatic rings. The third kappa shape index (κ3) is 8.26. The third-order valence-electron chi connectivity index (χ3n) is 4.63. The van der Waals surface area contributed by atoms with Crippen LogP contribution in [-0.2, 0) is 13.1 Å². The number of aromatic nitrogens is 2. The van der Waals surface area contributed by atoms with Crippen LogP contribution in [0.15, 0.2) is 54.0 Å². The maximum atomic E-state index is 4.67. The van der Waals surface area contributed by atoms with Gasteiger partial charge in [0.1, 0.15) is 0 Å². The Morgan fingerprint density at radius 3 is 2.78 bits per heavy atom. The van der Waals surface area contributed by atoms with Crippen molar-refractivity contribution in [2.45, 2.75) is 45.8 Å². The summed E-state index contributed by atoms with van der Waals surface area (Å²) in [5.74, 6) is 0.904. The van der Waals surface area contributed by atoms with Crippen LogP contribution in [0.5, 0.6) is 0 Å². The molecule has 1 unspecified atom stereocenters. The number of hydrogen-bond donors (Lipinski definition) is 2. The SMILES string of the molecule is CCNC(=NCCCn1ccnc1)NCCC(C)N(C)Cc1ccccc1. The smallest absolute Gasteiger partial charge is 0.191 e. The van der Waals surface area contributed by atoms with Crippen LogP contribution in [0.1, 0.15) is 32.3 Å². The van der Waals surface area contributed by atoms with Gasteiger partial charge in [-0.25, -0.2) is 4.98 Å². The fourth-order valence-corrected chi connectivity index (χ4v) is 2.85. The molecule has 0 aliphatic heterocycles. The molecule has 1 aromatic heterocycles. The van der Waals surface area contributed by atoms with Crippen molar-refractivity contribution < 1.29 is 0 Å². The molecule has 0 aliphatic carbocycles. The Morgan fingerprint density at radius 2 is 2.07 bits per heavy atom. The summed E-state index contributed by atoms with van der Waals surface area (Å²) in [6.07, 6.45) is 7.72. The molecule has 0 bridgehead atoms. The topological polar surface area (TPSA) is 57.5 Å². The summed E-state index contributed by atoms with van der Waals surface area (Å²) in [6, 6.07) is 11.1. The molecule has 6 nitrogen and oxygen atoms in total. The minimum atomic E-state index is 0.502. The van der Waals surface area contributed by atoms with Gasteiger partial charge in [0.05, 0.1) is 6.33 Å². The maximum Gasteiger partial charge on any atom is 0.191 e. The number of aliphatic imine (C=N–C) groups is 1. The van der Waals surface area contributed by atoms with Gasteiger partial charge in [0, 0.05) is 51.2 Å². The normalized spacial score (nSPS) is 13.0. The summed E-state index contributed by atoms with van der Waals surface area (Å²) < 4.78 is 2.08. The Bertz CT molecular complexity index is 638. The van der Waals surface area contributed by atoms with Gasteiger partial charge in [0.15, 0.2) is 5.96 Å². The van der Waals surface area contributed by atoms with Crippen molar-refractivity contribution >= 4 is 5.96 Å². The Kier molecular flexibility index (Phi) is 9.41. The van der Waals surface area contributed by atoms with Crippen molar-refractivity contribution in [2.24, 2.45) is 4.99 Å². The molecule has 0 saturated heterocycles. The molecule has 0 radical (unpaired) electrons. The van der Waals surface area contributed by atoms with E-state index in [2.05, 4.69) is 81.3 Å². The largest absolute Gasteiger partial charge is 0.357 e. The standard InChI is InChI=1S/C21H34N6/c1-4-23-21(24-12-8-15-27-16-14-22-18-27)25-13-11-19(2)26(3)17-20-9-6-5-7-10-20/h5-7,9-10,14,16,18-19H,4,8,11-13,15,17H2,1-3H3,(H2,23,24,25). The zero-order chi connectivity index (χ0) is 19.3. The predicted molar refractivity (Wildman–Crippen MR) is 113 cm³/mol. The number of nitrogens with one attached hydrogen (secondary N) is 2. The monoisotopic (exact) mass is 370 g/mol.